The molecule has 1 atom stereocenters. The highest BCUT2D eigenvalue weighted by atomic mass is 16.5. The third-order valence-electron chi connectivity index (χ3n) is 3.14. The molecule has 104 valence electrons. The fraction of sp³-hybridized carbons (Fsp3) is 0.333. The summed E-state index contributed by atoms with van der Waals surface area (Å²) in [6.45, 7) is 1.47. The molecule has 1 fully saturated rings. The van der Waals surface area contributed by atoms with Crippen molar-refractivity contribution in [3.8, 4) is 5.75 Å². The lowest BCUT2D eigenvalue weighted by Crippen LogP contribution is -2.16. The van der Waals surface area contributed by atoms with Gasteiger partial charge in [0.2, 0.25) is 5.95 Å². The molecule has 0 saturated carbocycles. The average Bonchev–Trinajstić information content (AvgIpc) is 3.01. The number of nitrogens with one attached hydrogen (secondary N) is 1. The van der Waals surface area contributed by atoms with E-state index in [-0.39, 0.29) is 6.10 Å². The predicted molar refractivity (Wildman–Crippen MR) is 76.2 cm³/mol. The molecule has 1 saturated heterocycles. The van der Waals surface area contributed by atoms with Crippen molar-refractivity contribution in [1.29, 1.82) is 0 Å². The summed E-state index contributed by atoms with van der Waals surface area (Å²) >= 11 is 0. The van der Waals surface area contributed by atoms with Gasteiger partial charge in [-0.3, -0.25) is 0 Å². The molecule has 1 aromatic heterocycles. The van der Waals surface area contributed by atoms with Crippen LogP contribution in [-0.2, 0) is 4.74 Å². The molecule has 2 aromatic rings. The van der Waals surface area contributed by atoms with Gasteiger partial charge in [-0.2, -0.15) is 0 Å². The number of anilines is 2. The van der Waals surface area contributed by atoms with Gasteiger partial charge in [0, 0.05) is 24.7 Å². The Hall–Kier alpha value is -2.14. The molecule has 20 heavy (non-hydrogen) atoms. The Morgan fingerprint density at radius 1 is 1.20 bits per heavy atom. The van der Waals surface area contributed by atoms with Crippen molar-refractivity contribution in [3.05, 3.63) is 42.7 Å². The Morgan fingerprint density at radius 3 is 2.70 bits per heavy atom. The van der Waals surface area contributed by atoms with Crippen LogP contribution >= 0.6 is 0 Å². The van der Waals surface area contributed by atoms with E-state index < -0.39 is 0 Å². The number of hydrogen-bond acceptors (Lipinski definition) is 5. The summed E-state index contributed by atoms with van der Waals surface area (Å²) in [6, 6.07) is 9.54. The lowest BCUT2D eigenvalue weighted by Gasteiger charge is -2.12. The standard InChI is InChI=1S/C15H17N3O2/c1-3-14(19-10-1)11-20-13-6-4-12(5-7-13)18-15-16-8-2-9-17-15/h2,4-9,14H,1,3,10-11H2,(H,16,17,18). The van der Waals surface area contributed by atoms with Crippen molar-refractivity contribution >= 4 is 11.6 Å². The van der Waals surface area contributed by atoms with Gasteiger partial charge in [0.1, 0.15) is 12.4 Å². The molecule has 1 aliphatic rings. The van der Waals surface area contributed by atoms with E-state index in [1.807, 2.05) is 24.3 Å². The Balaban J connectivity index is 1.54. The van der Waals surface area contributed by atoms with Crippen LogP contribution in [0.4, 0.5) is 11.6 Å². The van der Waals surface area contributed by atoms with E-state index in [2.05, 4.69) is 15.3 Å². The van der Waals surface area contributed by atoms with Gasteiger partial charge >= 0.3 is 0 Å². The van der Waals surface area contributed by atoms with Gasteiger partial charge < -0.3 is 14.8 Å². The molecule has 0 radical (unpaired) electrons. The van der Waals surface area contributed by atoms with Crippen LogP contribution < -0.4 is 10.1 Å². The van der Waals surface area contributed by atoms with Gasteiger partial charge in [-0.25, -0.2) is 9.97 Å². The number of aromatic nitrogens is 2. The molecule has 1 N–H and O–H groups in total. The highest BCUT2D eigenvalue weighted by molar-refractivity contribution is 5.54. The Bertz CT molecular complexity index is 525. The third-order valence-corrected chi connectivity index (χ3v) is 3.14. The molecule has 5 heteroatoms. The van der Waals surface area contributed by atoms with E-state index in [0.717, 1.165) is 30.9 Å². The average molecular weight is 271 g/mol. The van der Waals surface area contributed by atoms with Crippen LogP contribution in [0.2, 0.25) is 0 Å². The molecule has 1 unspecified atom stereocenters. The zero-order valence-corrected chi connectivity index (χ0v) is 11.2. The van der Waals surface area contributed by atoms with Gasteiger partial charge in [-0.1, -0.05) is 0 Å². The van der Waals surface area contributed by atoms with E-state index in [4.69, 9.17) is 9.47 Å². The quantitative estimate of drug-likeness (QED) is 0.906. The van der Waals surface area contributed by atoms with Crippen LogP contribution in [-0.4, -0.2) is 29.3 Å². The van der Waals surface area contributed by atoms with Crippen LogP contribution in [0.1, 0.15) is 12.8 Å². The van der Waals surface area contributed by atoms with E-state index >= 15 is 0 Å². The number of nitrogens with zero attached hydrogens (tertiary/aromatic N) is 2. The number of hydrogen-bond donors (Lipinski definition) is 1. The highest BCUT2D eigenvalue weighted by Gasteiger charge is 2.15. The second kappa shape index (κ2) is 6.34. The van der Waals surface area contributed by atoms with Crippen molar-refractivity contribution in [2.45, 2.75) is 18.9 Å². The summed E-state index contributed by atoms with van der Waals surface area (Å²) in [5.74, 6) is 1.43. The second-order valence-electron chi connectivity index (χ2n) is 4.67. The molecule has 0 aliphatic carbocycles. The van der Waals surface area contributed by atoms with Crippen molar-refractivity contribution in [2.24, 2.45) is 0 Å². The Morgan fingerprint density at radius 2 is 2.00 bits per heavy atom. The smallest absolute Gasteiger partial charge is 0.227 e. The second-order valence-corrected chi connectivity index (χ2v) is 4.67. The SMILES string of the molecule is c1cnc(Nc2ccc(OCC3CCCO3)cc2)nc1. The molecule has 0 amide bonds. The maximum atomic E-state index is 5.71. The zero-order valence-electron chi connectivity index (χ0n) is 11.2. The molecular formula is C15H17N3O2. The first-order valence-electron chi connectivity index (χ1n) is 6.79. The van der Waals surface area contributed by atoms with Crippen molar-refractivity contribution in [2.75, 3.05) is 18.5 Å². The van der Waals surface area contributed by atoms with Gasteiger partial charge in [-0.05, 0) is 43.2 Å². The minimum absolute atomic E-state index is 0.241. The first-order valence-corrected chi connectivity index (χ1v) is 6.79. The minimum atomic E-state index is 0.241. The summed E-state index contributed by atoms with van der Waals surface area (Å²) in [4.78, 5) is 8.23. The van der Waals surface area contributed by atoms with Gasteiger partial charge in [-0.15, -0.1) is 0 Å². The lowest BCUT2D eigenvalue weighted by molar-refractivity contribution is 0.0679. The summed E-state index contributed by atoms with van der Waals surface area (Å²) in [5, 5.41) is 3.13. The molecule has 0 spiro atoms. The molecule has 5 nitrogen and oxygen atoms in total. The Labute approximate surface area is 118 Å². The van der Waals surface area contributed by atoms with Gasteiger partial charge in [0.05, 0.1) is 6.10 Å². The molecular weight excluding hydrogens is 254 g/mol. The molecule has 1 aliphatic heterocycles. The molecule has 3 rings (SSSR count). The topological polar surface area (TPSA) is 56.3 Å². The van der Waals surface area contributed by atoms with Gasteiger partial charge in [0.25, 0.3) is 0 Å². The van der Waals surface area contributed by atoms with Crippen LogP contribution in [0, 0.1) is 0 Å². The summed E-state index contributed by atoms with van der Waals surface area (Å²) in [5.41, 5.74) is 0.931. The van der Waals surface area contributed by atoms with E-state index in [9.17, 15) is 0 Å². The van der Waals surface area contributed by atoms with Crippen LogP contribution in [0.25, 0.3) is 0 Å². The normalized spacial score (nSPS) is 17.9. The molecule has 2 heterocycles. The van der Waals surface area contributed by atoms with Crippen LogP contribution in [0.5, 0.6) is 5.75 Å². The lowest BCUT2D eigenvalue weighted by atomic mass is 10.2. The largest absolute Gasteiger partial charge is 0.491 e. The number of benzene rings is 1. The van der Waals surface area contributed by atoms with E-state index in [1.54, 1.807) is 18.5 Å². The third kappa shape index (κ3) is 3.45. The maximum Gasteiger partial charge on any atom is 0.227 e. The fourth-order valence-electron chi connectivity index (χ4n) is 2.09. The summed E-state index contributed by atoms with van der Waals surface area (Å²) in [6.07, 6.45) is 5.87. The predicted octanol–water partition coefficient (Wildman–Crippen LogP) is 2.78. The molecule has 1 aromatic carbocycles. The Kier molecular flexibility index (Phi) is 4.08. The fourth-order valence-corrected chi connectivity index (χ4v) is 2.09. The minimum Gasteiger partial charge on any atom is -0.491 e. The maximum absolute atomic E-state index is 5.71. The van der Waals surface area contributed by atoms with Crippen molar-refractivity contribution < 1.29 is 9.47 Å². The van der Waals surface area contributed by atoms with E-state index in [1.165, 1.54) is 0 Å². The first-order chi connectivity index (χ1) is 9.90. The molecule has 0 bridgehead atoms. The summed E-state index contributed by atoms with van der Waals surface area (Å²) < 4.78 is 11.2. The zero-order chi connectivity index (χ0) is 13.6. The number of ether oxygens (including phenoxy) is 2. The number of rotatable bonds is 5. The van der Waals surface area contributed by atoms with Crippen LogP contribution in [0.3, 0.4) is 0 Å². The van der Waals surface area contributed by atoms with E-state index in [0.29, 0.717) is 12.6 Å². The van der Waals surface area contributed by atoms with Crippen molar-refractivity contribution in [1.82, 2.24) is 9.97 Å². The summed E-state index contributed by atoms with van der Waals surface area (Å²) in [7, 11) is 0. The van der Waals surface area contributed by atoms with Crippen LogP contribution in [0.15, 0.2) is 42.7 Å². The van der Waals surface area contributed by atoms with Gasteiger partial charge in [0.15, 0.2) is 0 Å². The first kappa shape index (κ1) is 12.9. The van der Waals surface area contributed by atoms with Crippen molar-refractivity contribution in [3.63, 3.8) is 0 Å². The highest BCUT2D eigenvalue weighted by Crippen LogP contribution is 2.19. The monoisotopic (exact) mass is 271 g/mol.